The van der Waals surface area contributed by atoms with Crippen molar-refractivity contribution in [2.75, 3.05) is 0 Å². The van der Waals surface area contributed by atoms with Crippen LogP contribution in [0, 0.1) is 0 Å². The molecule has 0 aromatic heterocycles. The zero-order valence-electron chi connectivity index (χ0n) is 10.3. The van der Waals surface area contributed by atoms with Crippen LogP contribution in [0.3, 0.4) is 0 Å². The van der Waals surface area contributed by atoms with Gasteiger partial charge in [0.2, 0.25) is 7.41 Å². The van der Waals surface area contributed by atoms with E-state index >= 15 is 0 Å². The van der Waals surface area contributed by atoms with Crippen LogP contribution >= 0.6 is 23.2 Å². The molecule has 0 spiro atoms. The van der Waals surface area contributed by atoms with Gasteiger partial charge in [-0.1, -0.05) is 56.4 Å². The summed E-state index contributed by atoms with van der Waals surface area (Å²) in [4.78, 5) is 2.40. The lowest BCUT2D eigenvalue weighted by Gasteiger charge is -2.30. The van der Waals surface area contributed by atoms with Crippen LogP contribution in [0.1, 0.15) is 27.7 Å². The fourth-order valence-corrected chi connectivity index (χ4v) is 2.45. The number of hydrogen-bond donors (Lipinski definition) is 0. The number of halogens is 2. The predicted molar refractivity (Wildman–Crippen MR) is 75.4 cm³/mol. The third kappa shape index (κ3) is 4.01. The number of rotatable bonds is 4. The standard InChI is InChI=1S/C12H18BCl2N/c1-8(2)16(9(3)4)13-10-5-11(14)7-12(15)6-10/h5-9,13H,1-4H3. The van der Waals surface area contributed by atoms with Crippen molar-refractivity contribution in [2.24, 2.45) is 0 Å². The van der Waals surface area contributed by atoms with Gasteiger partial charge in [-0.2, -0.15) is 0 Å². The first kappa shape index (κ1) is 13.9. The van der Waals surface area contributed by atoms with E-state index < -0.39 is 0 Å². The molecule has 0 amide bonds. The summed E-state index contributed by atoms with van der Waals surface area (Å²) in [6.45, 7) is 8.80. The normalized spacial score (nSPS) is 11.6. The molecule has 4 heteroatoms. The van der Waals surface area contributed by atoms with Gasteiger partial charge < -0.3 is 4.81 Å². The molecule has 0 N–H and O–H groups in total. The molecular formula is C12H18BCl2N. The van der Waals surface area contributed by atoms with E-state index in [0.717, 1.165) is 7.41 Å². The Balaban J connectivity index is 2.85. The van der Waals surface area contributed by atoms with Gasteiger partial charge in [0.25, 0.3) is 0 Å². The molecule has 1 rings (SSSR count). The number of hydrogen-bond acceptors (Lipinski definition) is 1. The molecule has 0 unspecified atom stereocenters. The van der Waals surface area contributed by atoms with Gasteiger partial charge in [-0.25, -0.2) is 0 Å². The highest BCUT2D eigenvalue weighted by Gasteiger charge is 2.15. The first-order valence-electron chi connectivity index (χ1n) is 5.61. The minimum absolute atomic E-state index is 0.512. The molecule has 1 aromatic rings. The van der Waals surface area contributed by atoms with Crippen LogP contribution in [-0.2, 0) is 0 Å². The highest BCUT2D eigenvalue weighted by molar-refractivity contribution is 6.52. The Morgan fingerprint density at radius 2 is 1.38 bits per heavy atom. The quantitative estimate of drug-likeness (QED) is 0.750. The van der Waals surface area contributed by atoms with E-state index in [1.54, 1.807) is 6.07 Å². The maximum absolute atomic E-state index is 5.99. The average Bonchev–Trinajstić information content (AvgIpc) is 2.11. The predicted octanol–water partition coefficient (Wildman–Crippen LogP) is 3.09. The zero-order valence-corrected chi connectivity index (χ0v) is 11.8. The van der Waals surface area contributed by atoms with Crippen molar-refractivity contribution in [3.8, 4) is 0 Å². The summed E-state index contributed by atoms with van der Waals surface area (Å²) >= 11 is 12.0. The highest BCUT2D eigenvalue weighted by Crippen LogP contribution is 2.14. The van der Waals surface area contributed by atoms with E-state index in [4.69, 9.17) is 23.2 Å². The SMILES string of the molecule is CC(C)N(Bc1cc(Cl)cc(Cl)c1)C(C)C. The Morgan fingerprint density at radius 3 is 1.75 bits per heavy atom. The third-order valence-corrected chi connectivity index (χ3v) is 3.05. The van der Waals surface area contributed by atoms with Crippen LogP contribution in [0.25, 0.3) is 0 Å². The minimum Gasteiger partial charge on any atom is -0.337 e. The van der Waals surface area contributed by atoms with Gasteiger partial charge in [-0.3, -0.25) is 0 Å². The molecule has 88 valence electrons. The second-order valence-electron chi connectivity index (χ2n) is 4.64. The summed E-state index contributed by atoms with van der Waals surface area (Å²) in [5.74, 6) is 0. The molecule has 0 bridgehead atoms. The van der Waals surface area contributed by atoms with Crippen LogP contribution in [0.4, 0.5) is 0 Å². The van der Waals surface area contributed by atoms with Crippen LogP contribution in [0.15, 0.2) is 18.2 Å². The van der Waals surface area contributed by atoms with Crippen molar-refractivity contribution < 1.29 is 0 Å². The van der Waals surface area contributed by atoms with Gasteiger partial charge in [-0.05, 0) is 30.3 Å². The van der Waals surface area contributed by atoms with Gasteiger partial charge in [-0.15, -0.1) is 0 Å². The van der Waals surface area contributed by atoms with Crippen LogP contribution in [0.2, 0.25) is 10.0 Å². The zero-order chi connectivity index (χ0) is 12.3. The lowest BCUT2D eigenvalue weighted by atomic mass is 9.78. The Bertz CT molecular complexity index is 325. The van der Waals surface area contributed by atoms with Gasteiger partial charge in [0, 0.05) is 10.0 Å². The molecule has 0 aliphatic carbocycles. The Labute approximate surface area is 109 Å². The number of benzene rings is 1. The second kappa shape index (κ2) is 5.95. The lowest BCUT2D eigenvalue weighted by Crippen LogP contribution is -2.45. The van der Waals surface area contributed by atoms with Crippen molar-refractivity contribution in [1.29, 1.82) is 0 Å². The van der Waals surface area contributed by atoms with Crippen LogP contribution < -0.4 is 5.46 Å². The molecular weight excluding hydrogens is 240 g/mol. The summed E-state index contributed by atoms with van der Waals surface area (Å²) in [5, 5.41) is 1.41. The van der Waals surface area contributed by atoms with Gasteiger partial charge >= 0.3 is 0 Å². The van der Waals surface area contributed by atoms with Crippen molar-refractivity contribution in [3.63, 3.8) is 0 Å². The Hall–Kier alpha value is -0.175. The van der Waals surface area contributed by atoms with Gasteiger partial charge in [0.15, 0.2) is 0 Å². The smallest absolute Gasteiger partial charge is 0.239 e. The summed E-state index contributed by atoms with van der Waals surface area (Å²) in [5.41, 5.74) is 1.17. The molecule has 16 heavy (non-hydrogen) atoms. The largest absolute Gasteiger partial charge is 0.337 e. The third-order valence-electron chi connectivity index (χ3n) is 2.61. The summed E-state index contributed by atoms with van der Waals surface area (Å²) in [6.07, 6.45) is 0. The molecule has 0 saturated carbocycles. The van der Waals surface area contributed by atoms with Crippen molar-refractivity contribution in [1.82, 2.24) is 4.81 Å². The maximum atomic E-state index is 5.99. The van der Waals surface area contributed by atoms with Crippen molar-refractivity contribution in [3.05, 3.63) is 28.2 Å². The fraction of sp³-hybridized carbons (Fsp3) is 0.500. The van der Waals surface area contributed by atoms with Gasteiger partial charge in [0.1, 0.15) is 0 Å². The minimum atomic E-state index is 0.512. The van der Waals surface area contributed by atoms with Gasteiger partial charge in [0.05, 0.1) is 0 Å². The van der Waals surface area contributed by atoms with E-state index in [1.807, 2.05) is 12.1 Å². The average molecular weight is 258 g/mol. The first-order valence-corrected chi connectivity index (χ1v) is 6.36. The first-order chi connectivity index (χ1) is 7.40. The summed E-state index contributed by atoms with van der Waals surface area (Å²) < 4.78 is 0. The lowest BCUT2D eigenvalue weighted by molar-refractivity contribution is 0.315. The molecule has 0 aliphatic heterocycles. The van der Waals surface area contributed by atoms with Crippen molar-refractivity contribution in [2.45, 2.75) is 39.8 Å². The highest BCUT2D eigenvalue weighted by atomic mass is 35.5. The molecule has 0 aliphatic rings. The second-order valence-corrected chi connectivity index (χ2v) is 5.51. The maximum Gasteiger partial charge on any atom is 0.239 e. The number of nitrogens with zero attached hydrogens (tertiary/aromatic N) is 1. The Morgan fingerprint density at radius 1 is 0.938 bits per heavy atom. The molecule has 0 heterocycles. The van der Waals surface area contributed by atoms with E-state index in [-0.39, 0.29) is 0 Å². The monoisotopic (exact) mass is 257 g/mol. The summed E-state index contributed by atoms with van der Waals surface area (Å²) in [6, 6.07) is 6.74. The van der Waals surface area contributed by atoms with Crippen LogP contribution in [0.5, 0.6) is 0 Å². The van der Waals surface area contributed by atoms with Crippen LogP contribution in [-0.4, -0.2) is 24.3 Å². The summed E-state index contributed by atoms with van der Waals surface area (Å²) in [7, 11) is 0.885. The molecule has 0 radical (unpaired) electrons. The fourth-order valence-electron chi connectivity index (χ4n) is 1.87. The van der Waals surface area contributed by atoms with E-state index in [0.29, 0.717) is 22.1 Å². The van der Waals surface area contributed by atoms with E-state index in [1.165, 1.54) is 5.46 Å². The molecule has 1 nitrogen and oxygen atoms in total. The topological polar surface area (TPSA) is 3.24 Å². The van der Waals surface area contributed by atoms with Crippen molar-refractivity contribution >= 4 is 36.1 Å². The Kier molecular flexibility index (Phi) is 5.16. The molecule has 1 aromatic carbocycles. The van der Waals surface area contributed by atoms with E-state index in [2.05, 4.69) is 32.5 Å². The molecule has 0 saturated heterocycles. The molecule has 0 fully saturated rings. The molecule has 0 atom stereocenters. The van der Waals surface area contributed by atoms with E-state index in [9.17, 15) is 0 Å².